The maximum Gasteiger partial charge on any atom is 0.321 e. The van der Waals surface area contributed by atoms with Crippen molar-refractivity contribution in [2.45, 2.75) is 12.8 Å². The molecule has 0 aliphatic carbocycles. The van der Waals surface area contributed by atoms with Crippen molar-refractivity contribution in [1.82, 2.24) is 4.90 Å². The average molecular weight is 386 g/mol. The monoisotopic (exact) mass is 385 g/mol. The predicted octanol–water partition coefficient (Wildman–Crippen LogP) is 3.77. The second kappa shape index (κ2) is 7.48. The number of aryl methyl sites for hydroxylation is 1. The number of hydrogen-bond donors (Lipinski definition) is 2. The number of hydrogen-bond acceptors (Lipinski definition) is 3. The number of carbonyl (C=O) groups excluding carboxylic acids is 2. The number of nitrogens with one attached hydrogen (secondary N) is 2. The Morgan fingerprint density at radius 3 is 2.74 bits per heavy atom. The van der Waals surface area contributed by atoms with Crippen molar-refractivity contribution in [2.75, 3.05) is 30.3 Å². The van der Waals surface area contributed by atoms with Gasteiger partial charge in [0, 0.05) is 41.8 Å². The zero-order chi connectivity index (χ0) is 18.8. The number of rotatable bonds is 4. The summed E-state index contributed by atoms with van der Waals surface area (Å²) >= 11 is 5.84. The van der Waals surface area contributed by atoms with Crippen molar-refractivity contribution in [1.29, 1.82) is 0 Å². The highest BCUT2D eigenvalue weighted by atomic mass is 35.5. The molecule has 0 unspecified atom stereocenters. The largest absolute Gasteiger partial charge is 0.493 e. The van der Waals surface area contributed by atoms with Gasteiger partial charge in [0.05, 0.1) is 6.61 Å². The van der Waals surface area contributed by atoms with E-state index in [9.17, 15) is 9.59 Å². The van der Waals surface area contributed by atoms with Gasteiger partial charge in [-0.1, -0.05) is 11.6 Å². The van der Waals surface area contributed by atoms with Gasteiger partial charge in [0.25, 0.3) is 0 Å². The summed E-state index contributed by atoms with van der Waals surface area (Å²) in [5, 5.41) is 6.36. The number of ether oxygens (including phenoxy) is 1. The van der Waals surface area contributed by atoms with Crippen LogP contribution in [0, 0.1) is 5.92 Å². The molecule has 2 aromatic carbocycles. The Kier molecular flexibility index (Phi) is 4.90. The molecule has 1 saturated heterocycles. The van der Waals surface area contributed by atoms with E-state index in [1.54, 1.807) is 29.2 Å². The number of benzene rings is 2. The molecule has 0 saturated carbocycles. The van der Waals surface area contributed by atoms with Gasteiger partial charge in [-0.05, 0) is 54.4 Å². The number of carbonyl (C=O) groups is 2. The molecule has 2 aliphatic heterocycles. The average Bonchev–Trinajstić information content (AvgIpc) is 2.62. The summed E-state index contributed by atoms with van der Waals surface area (Å²) in [5.74, 6) is 1.17. The van der Waals surface area contributed by atoms with E-state index < -0.39 is 0 Å². The van der Waals surface area contributed by atoms with Crippen molar-refractivity contribution in [3.8, 4) is 5.75 Å². The van der Waals surface area contributed by atoms with Crippen LogP contribution in [-0.2, 0) is 11.2 Å². The van der Waals surface area contributed by atoms with Crippen LogP contribution in [0.15, 0.2) is 42.5 Å². The molecule has 4 rings (SSSR count). The lowest BCUT2D eigenvalue weighted by Crippen LogP contribution is -2.53. The van der Waals surface area contributed by atoms with Gasteiger partial charge in [-0.3, -0.25) is 4.79 Å². The maximum atomic E-state index is 12.2. The third-order valence-electron chi connectivity index (χ3n) is 4.80. The zero-order valence-corrected chi connectivity index (χ0v) is 15.5. The van der Waals surface area contributed by atoms with Crippen LogP contribution in [0.4, 0.5) is 16.2 Å². The van der Waals surface area contributed by atoms with Gasteiger partial charge in [-0.2, -0.15) is 0 Å². The summed E-state index contributed by atoms with van der Waals surface area (Å²) in [4.78, 5) is 25.4. The van der Waals surface area contributed by atoms with Gasteiger partial charge in [-0.25, -0.2) is 4.79 Å². The lowest BCUT2D eigenvalue weighted by atomic mass is 10.0. The molecule has 0 bridgehead atoms. The number of urea groups is 1. The fourth-order valence-electron chi connectivity index (χ4n) is 3.24. The number of amides is 3. The normalized spacial score (nSPS) is 16.2. The molecule has 0 spiro atoms. The third-order valence-corrected chi connectivity index (χ3v) is 5.05. The molecule has 140 valence electrons. The van der Waals surface area contributed by atoms with Crippen LogP contribution in [0.25, 0.3) is 0 Å². The minimum absolute atomic E-state index is 0.0580. The lowest BCUT2D eigenvalue weighted by molar-refractivity contribution is -0.116. The molecule has 3 amide bonds. The SMILES string of the molecule is O=C1CCc2cc(OCC3CN(C(=O)Nc4ccc(Cl)cc4)C3)ccc2N1. The van der Waals surface area contributed by atoms with Gasteiger partial charge in [0.15, 0.2) is 0 Å². The molecule has 2 aromatic rings. The quantitative estimate of drug-likeness (QED) is 0.841. The zero-order valence-electron chi connectivity index (χ0n) is 14.7. The first-order valence-corrected chi connectivity index (χ1v) is 9.32. The summed E-state index contributed by atoms with van der Waals surface area (Å²) < 4.78 is 5.88. The van der Waals surface area contributed by atoms with Crippen LogP contribution in [0.3, 0.4) is 0 Å². The van der Waals surface area contributed by atoms with Crippen LogP contribution in [0.2, 0.25) is 5.02 Å². The summed E-state index contributed by atoms with van der Waals surface area (Å²) in [6, 6.07) is 12.7. The first-order chi connectivity index (χ1) is 13.1. The molecule has 7 heteroatoms. The second-order valence-corrected chi connectivity index (χ2v) is 7.32. The van der Waals surface area contributed by atoms with Gasteiger partial charge in [0.2, 0.25) is 5.91 Å². The smallest absolute Gasteiger partial charge is 0.321 e. The fraction of sp³-hybridized carbons (Fsp3) is 0.300. The molecule has 0 atom stereocenters. The van der Waals surface area contributed by atoms with E-state index in [-0.39, 0.29) is 11.9 Å². The molecule has 6 nitrogen and oxygen atoms in total. The summed E-state index contributed by atoms with van der Waals surface area (Å²) in [6.07, 6.45) is 1.25. The van der Waals surface area contributed by atoms with Crippen molar-refractivity contribution in [3.63, 3.8) is 0 Å². The summed E-state index contributed by atoms with van der Waals surface area (Å²) in [5.41, 5.74) is 2.70. The maximum absolute atomic E-state index is 12.2. The first kappa shape index (κ1) is 17.7. The molecular formula is C20H20ClN3O3. The third kappa shape index (κ3) is 4.17. The van der Waals surface area contributed by atoms with E-state index in [0.29, 0.717) is 37.1 Å². The van der Waals surface area contributed by atoms with Crippen molar-refractivity contribution < 1.29 is 14.3 Å². The minimum atomic E-state index is -0.113. The molecule has 0 aromatic heterocycles. The lowest BCUT2D eigenvalue weighted by Gasteiger charge is -2.38. The van der Waals surface area contributed by atoms with E-state index in [1.807, 2.05) is 18.2 Å². The Labute approximate surface area is 162 Å². The van der Waals surface area contributed by atoms with Gasteiger partial charge < -0.3 is 20.3 Å². The highest BCUT2D eigenvalue weighted by Crippen LogP contribution is 2.27. The predicted molar refractivity (Wildman–Crippen MR) is 104 cm³/mol. The Bertz CT molecular complexity index is 863. The molecule has 2 heterocycles. The highest BCUT2D eigenvalue weighted by Gasteiger charge is 2.31. The van der Waals surface area contributed by atoms with Crippen LogP contribution in [0.5, 0.6) is 5.75 Å². The first-order valence-electron chi connectivity index (χ1n) is 8.94. The topological polar surface area (TPSA) is 70.7 Å². The number of halogens is 1. The van der Waals surface area contributed by atoms with Crippen molar-refractivity contribution >= 4 is 34.9 Å². The Balaban J connectivity index is 1.23. The van der Waals surface area contributed by atoms with E-state index in [0.717, 1.165) is 29.1 Å². The number of fused-ring (bicyclic) bond motifs is 1. The molecule has 1 fully saturated rings. The molecule has 0 radical (unpaired) electrons. The van der Waals surface area contributed by atoms with Crippen molar-refractivity contribution in [3.05, 3.63) is 53.1 Å². The molecule has 2 N–H and O–H groups in total. The van der Waals surface area contributed by atoms with Gasteiger partial charge >= 0.3 is 6.03 Å². The second-order valence-electron chi connectivity index (χ2n) is 6.89. The van der Waals surface area contributed by atoms with E-state index in [1.165, 1.54) is 0 Å². The Morgan fingerprint density at radius 2 is 1.96 bits per heavy atom. The standard InChI is InChI=1S/C20H20ClN3O3/c21-15-2-4-16(5-3-15)22-20(26)24-10-13(11-24)12-27-17-6-7-18-14(9-17)1-8-19(25)23-18/h2-7,9,13H,1,8,10-12H2,(H,22,26)(H,23,25). The van der Waals surface area contributed by atoms with Gasteiger partial charge in [0.1, 0.15) is 5.75 Å². The van der Waals surface area contributed by atoms with Crippen LogP contribution < -0.4 is 15.4 Å². The highest BCUT2D eigenvalue weighted by molar-refractivity contribution is 6.30. The number of anilines is 2. The minimum Gasteiger partial charge on any atom is -0.493 e. The molecule has 27 heavy (non-hydrogen) atoms. The molecule has 2 aliphatic rings. The van der Waals surface area contributed by atoms with E-state index in [4.69, 9.17) is 16.3 Å². The number of likely N-dealkylation sites (tertiary alicyclic amines) is 1. The Hall–Kier alpha value is -2.73. The summed E-state index contributed by atoms with van der Waals surface area (Å²) in [7, 11) is 0. The van der Waals surface area contributed by atoms with E-state index >= 15 is 0 Å². The van der Waals surface area contributed by atoms with Gasteiger partial charge in [-0.15, -0.1) is 0 Å². The van der Waals surface area contributed by atoms with Crippen molar-refractivity contribution in [2.24, 2.45) is 5.92 Å². The number of nitrogens with zero attached hydrogens (tertiary/aromatic N) is 1. The molecular weight excluding hydrogens is 366 g/mol. The Morgan fingerprint density at radius 1 is 1.19 bits per heavy atom. The van der Waals surface area contributed by atoms with E-state index in [2.05, 4.69) is 10.6 Å². The summed E-state index contributed by atoms with van der Waals surface area (Å²) in [6.45, 7) is 1.90. The fourth-order valence-corrected chi connectivity index (χ4v) is 3.37. The van der Waals surface area contributed by atoms with Crippen LogP contribution in [0.1, 0.15) is 12.0 Å². The van der Waals surface area contributed by atoms with Crippen LogP contribution >= 0.6 is 11.6 Å². The van der Waals surface area contributed by atoms with Crippen LogP contribution in [-0.4, -0.2) is 36.5 Å².